The number of nitrogens with one attached hydrogen (secondary N) is 1. The largest absolute Gasteiger partial charge is 0.467 e. The van der Waals surface area contributed by atoms with Crippen LogP contribution in [0.3, 0.4) is 0 Å². The average Bonchev–Trinajstić information content (AvgIpc) is 2.79. The van der Waals surface area contributed by atoms with E-state index in [1.54, 1.807) is 17.6 Å². The highest BCUT2D eigenvalue weighted by atomic mass is 32.1. The summed E-state index contributed by atoms with van der Waals surface area (Å²) in [5.74, 6) is 6.35. The third kappa shape index (κ3) is 1.94. The number of rotatable bonds is 3. The molecule has 2 aromatic heterocycles. The molecule has 1 atom stereocenters. The summed E-state index contributed by atoms with van der Waals surface area (Å²) >= 11 is 1.63. The summed E-state index contributed by atoms with van der Waals surface area (Å²) in [6, 6.07) is 3.65. The summed E-state index contributed by atoms with van der Waals surface area (Å²) < 4.78 is 5.34. The van der Waals surface area contributed by atoms with Crippen LogP contribution in [-0.4, -0.2) is 4.98 Å². The Kier molecular flexibility index (Phi) is 2.86. The highest BCUT2D eigenvalue weighted by molar-refractivity contribution is 7.11. The molecule has 3 N–H and O–H groups in total. The van der Waals surface area contributed by atoms with Crippen molar-refractivity contribution in [3.05, 3.63) is 39.7 Å². The highest BCUT2D eigenvalue weighted by Gasteiger charge is 2.20. The van der Waals surface area contributed by atoms with Gasteiger partial charge in [0.25, 0.3) is 0 Å². The van der Waals surface area contributed by atoms with Crippen molar-refractivity contribution >= 4 is 11.3 Å². The van der Waals surface area contributed by atoms with Crippen LogP contribution in [0.25, 0.3) is 0 Å². The van der Waals surface area contributed by atoms with Gasteiger partial charge in [-0.2, -0.15) is 0 Å². The van der Waals surface area contributed by atoms with Gasteiger partial charge in [-0.05, 0) is 26.0 Å². The molecule has 5 heteroatoms. The topological polar surface area (TPSA) is 64.1 Å². The van der Waals surface area contributed by atoms with Gasteiger partial charge in [-0.25, -0.2) is 10.4 Å². The second kappa shape index (κ2) is 4.14. The van der Waals surface area contributed by atoms with Crippen LogP contribution in [0.2, 0.25) is 0 Å². The van der Waals surface area contributed by atoms with Gasteiger partial charge < -0.3 is 4.42 Å². The Bertz CT molecular complexity index is 435. The number of hydrazine groups is 1. The Hall–Kier alpha value is -1.17. The molecule has 0 aromatic carbocycles. The lowest BCUT2D eigenvalue weighted by molar-refractivity contribution is 0.454. The molecule has 0 aliphatic carbocycles. The molecular formula is C10H13N3OS. The molecule has 2 rings (SSSR count). The molecule has 2 aromatic rings. The summed E-state index contributed by atoms with van der Waals surface area (Å²) in [5, 5.41) is 1.04. The molecule has 4 nitrogen and oxygen atoms in total. The zero-order chi connectivity index (χ0) is 10.8. The van der Waals surface area contributed by atoms with E-state index in [9.17, 15) is 0 Å². The van der Waals surface area contributed by atoms with E-state index in [0.29, 0.717) is 0 Å². The van der Waals surface area contributed by atoms with E-state index in [2.05, 4.69) is 10.4 Å². The molecule has 0 saturated heterocycles. The van der Waals surface area contributed by atoms with Crippen LogP contribution < -0.4 is 11.3 Å². The molecule has 0 bridgehead atoms. The van der Waals surface area contributed by atoms with Crippen molar-refractivity contribution in [3.63, 3.8) is 0 Å². The maximum Gasteiger partial charge on any atom is 0.127 e. The van der Waals surface area contributed by atoms with Gasteiger partial charge in [0.2, 0.25) is 0 Å². The van der Waals surface area contributed by atoms with E-state index < -0.39 is 0 Å². The molecule has 0 aliphatic rings. The first-order valence-electron chi connectivity index (χ1n) is 4.66. The zero-order valence-corrected chi connectivity index (χ0v) is 9.47. The quantitative estimate of drug-likeness (QED) is 0.616. The minimum Gasteiger partial charge on any atom is -0.467 e. The van der Waals surface area contributed by atoms with Gasteiger partial charge in [-0.3, -0.25) is 5.84 Å². The van der Waals surface area contributed by atoms with Gasteiger partial charge in [-0.15, -0.1) is 11.3 Å². The van der Waals surface area contributed by atoms with Gasteiger partial charge >= 0.3 is 0 Å². The molecule has 0 amide bonds. The third-order valence-corrected chi connectivity index (χ3v) is 3.33. The fourth-order valence-electron chi connectivity index (χ4n) is 1.56. The molecule has 1 unspecified atom stereocenters. The first-order valence-corrected chi connectivity index (χ1v) is 5.47. The van der Waals surface area contributed by atoms with Crippen LogP contribution in [-0.2, 0) is 0 Å². The van der Waals surface area contributed by atoms with Gasteiger partial charge in [-0.1, -0.05) is 0 Å². The minimum absolute atomic E-state index is 0.105. The molecule has 0 fully saturated rings. The standard InChI is InChI=1S/C10H13N3OS/c1-6-10(15-7(2)12-6)9(13-11)8-4-3-5-14-8/h3-5,9,13H,11H2,1-2H3. The van der Waals surface area contributed by atoms with E-state index in [4.69, 9.17) is 10.3 Å². The lowest BCUT2D eigenvalue weighted by atomic mass is 10.2. The van der Waals surface area contributed by atoms with E-state index in [1.807, 2.05) is 26.0 Å². The second-order valence-electron chi connectivity index (χ2n) is 3.30. The number of aryl methyl sites for hydroxylation is 2. The third-order valence-electron chi connectivity index (χ3n) is 2.20. The monoisotopic (exact) mass is 223 g/mol. The van der Waals surface area contributed by atoms with Gasteiger partial charge in [0.15, 0.2) is 0 Å². The maximum atomic E-state index is 5.54. The fourth-order valence-corrected chi connectivity index (χ4v) is 2.55. The number of furan rings is 1. The second-order valence-corrected chi connectivity index (χ2v) is 4.53. The fraction of sp³-hybridized carbons (Fsp3) is 0.300. The van der Waals surface area contributed by atoms with E-state index in [1.165, 1.54) is 0 Å². The lowest BCUT2D eigenvalue weighted by Crippen LogP contribution is -2.28. The van der Waals surface area contributed by atoms with Crippen LogP contribution in [0.4, 0.5) is 0 Å². The normalized spacial score (nSPS) is 13.0. The Morgan fingerprint density at radius 1 is 1.53 bits per heavy atom. The Morgan fingerprint density at radius 2 is 2.33 bits per heavy atom. The molecule has 80 valence electrons. The maximum absolute atomic E-state index is 5.54. The first-order chi connectivity index (χ1) is 7.22. The molecular weight excluding hydrogens is 210 g/mol. The average molecular weight is 223 g/mol. The van der Waals surface area contributed by atoms with Crippen molar-refractivity contribution in [2.75, 3.05) is 0 Å². The van der Waals surface area contributed by atoms with Crippen LogP contribution in [0.15, 0.2) is 22.8 Å². The van der Waals surface area contributed by atoms with Crippen LogP contribution in [0.5, 0.6) is 0 Å². The van der Waals surface area contributed by atoms with Gasteiger partial charge in [0.05, 0.1) is 21.8 Å². The molecule has 0 aliphatic heterocycles. The minimum atomic E-state index is -0.105. The van der Waals surface area contributed by atoms with E-state index in [-0.39, 0.29) is 6.04 Å². The number of nitrogens with two attached hydrogens (primary N) is 1. The van der Waals surface area contributed by atoms with Crippen LogP contribution in [0, 0.1) is 13.8 Å². The molecule has 0 spiro atoms. The van der Waals surface area contributed by atoms with Gasteiger partial charge in [0.1, 0.15) is 11.8 Å². The summed E-state index contributed by atoms with van der Waals surface area (Å²) in [6.45, 7) is 3.96. The van der Waals surface area contributed by atoms with Crippen molar-refractivity contribution in [2.24, 2.45) is 5.84 Å². The number of thiazole rings is 1. The highest BCUT2D eigenvalue weighted by Crippen LogP contribution is 2.29. The van der Waals surface area contributed by atoms with Crippen molar-refractivity contribution in [1.82, 2.24) is 10.4 Å². The van der Waals surface area contributed by atoms with Crippen molar-refractivity contribution in [3.8, 4) is 0 Å². The van der Waals surface area contributed by atoms with E-state index >= 15 is 0 Å². The lowest BCUT2D eigenvalue weighted by Gasteiger charge is -2.11. The Morgan fingerprint density at radius 3 is 2.80 bits per heavy atom. The number of hydrogen-bond donors (Lipinski definition) is 2. The molecule has 2 heterocycles. The zero-order valence-electron chi connectivity index (χ0n) is 8.65. The summed E-state index contributed by atoms with van der Waals surface area (Å²) in [6.07, 6.45) is 1.64. The van der Waals surface area contributed by atoms with Crippen molar-refractivity contribution in [2.45, 2.75) is 19.9 Å². The summed E-state index contributed by atoms with van der Waals surface area (Å²) in [7, 11) is 0. The summed E-state index contributed by atoms with van der Waals surface area (Å²) in [5.41, 5.74) is 3.75. The Labute approximate surface area is 92.1 Å². The SMILES string of the molecule is Cc1nc(C)c(C(NN)c2ccco2)s1. The van der Waals surface area contributed by atoms with Crippen molar-refractivity contribution < 1.29 is 4.42 Å². The molecule has 0 radical (unpaired) electrons. The molecule has 15 heavy (non-hydrogen) atoms. The smallest absolute Gasteiger partial charge is 0.127 e. The number of hydrogen-bond acceptors (Lipinski definition) is 5. The van der Waals surface area contributed by atoms with Crippen LogP contribution in [0.1, 0.15) is 27.4 Å². The Balaban J connectivity index is 2.39. The predicted octanol–water partition coefficient (Wildman–Crippen LogP) is 1.91. The van der Waals surface area contributed by atoms with E-state index in [0.717, 1.165) is 21.3 Å². The number of aromatic nitrogens is 1. The molecule has 0 saturated carbocycles. The summed E-state index contributed by atoms with van der Waals surface area (Å²) in [4.78, 5) is 5.47. The number of nitrogens with zero attached hydrogens (tertiary/aromatic N) is 1. The van der Waals surface area contributed by atoms with Crippen molar-refractivity contribution in [1.29, 1.82) is 0 Å². The van der Waals surface area contributed by atoms with Gasteiger partial charge in [0, 0.05) is 0 Å². The first kappa shape index (κ1) is 10.4. The van der Waals surface area contributed by atoms with Crippen LogP contribution >= 0.6 is 11.3 Å². The predicted molar refractivity (Wildman–Crippen MR) is 59.5 cm³/mol.